The van der Waals surface area contributed by atoms with E-state index >= 15 is 8.78 Å². The van der Waals surface area contributed by atoms with Crippen molar-refractivity contribution in [1.82, 2.24) is 19.9 Å². The number of piperidine rings is 2. The predicted molar refractivity (Wildman–Crippen MR) is 173 cm³/mol. The van der Waals surface area contributed by atoms with E-state index in [1.165, 1.54) is 12.3 Å². The summed E-state index contributed by atoms with van der Waals surface area (Å²) in [4.78, 5) is 18.0. The average molecular weight is 642 g/mol. The van der Waals surface area contributed by atoms with Gasteiger partial charge in [-0.15, -0.1) is 0 Å². The Labute approximate surface area is 270 Å². The van der Waals surface area contributed by atoms with Crippen molar-refractivity contribution in [2.75, 3.05) is 24.6 Å². The monoisotopic (exact) mass is 641 g/mol. The molecule has 6 heterocycles. The highest BCUT2D eigenvalue weighted by molar-refractivity contribution is 6.01. The van der Waals surface area contributed by atoms with E-state index in [0.29, 0.717) is 42.6 Å². The number of ether oxygens (including phenoxy) is 1. The molecule has 9 nitrogen and oxygen atoms in total. The highest BCUT2D eigenvalue weighted by atomic mass is 19.1. The molecule has 0 radical (unpaired) electrons. The molecule has 2 aliphatic carbocycles. The fourth-order valence-corrected chi connectivity index (χ4v) is 9.25. The normalized spacial score (nSPS) is 32.6. The Hall–Kier alpha value is -3.93. The summed E-state index contributed by atoms with van der Waals surface area (Å²) in [5, 5.41) is 33.8. The zero-order valence-corrected chi connectivity index (χ0v) is 26.1. The van der Waals surface area contributed by atoms with Crippen molar-refractivity contribution in [1.29, 1.82) is 0 Å². The molecule has 2 aromatic carbocycles. The molecule has 4 aromatic rings. The van der Waals surface area contributed by atoms with Crippen LogP contribution in [0.4, 0.5) is 14.6 Å². The van der Waals surface area contributed by atoms with Gasteiger partial charge in [0.1, 0.15) is 41.2 Å². The number of nitrogens with zero attached hydrogens (tertiary/aromatic N) is 5. The summed E-state index contributed by atoms with van der Waals surface area (Å²) in [6.07, 6.45) is 6.40. The molecule has 244 valence electrons. The largest absolute Gasteiger partial charge is 0.508 e. The molecule has 5 fully saturated rings. The Balaban J connectivity index is 1.17. The Kier molecular flexibility index (Phi) is 6.55. The van der Waals surface area contributed by atoms with Crippen LogP contribution in [0.15, 0.2) is 48.7 Å². The number of aromatic hydroxyl groups is 1. The van der Waals surface area contributed by atoms with Crippen LogP contribution in [0.1, 0.15) is 38.2 Å². The van der Waals surface area contributed by atoms with Crippen molar-refractivity contribution < 1.29 is 28.8 Å². The maximum Gasteiger partial charge on any atom is 0.319 e. The lowest BCUT2D eigenvalue weighted by molar-refractivity contribution is -0.0917. The maximum absolute atomic E-state index is 16.9. The van der Waals surface area contributed by atoms with Gasteiger partial charge in [0, 0.05) is 35.7 Å². The first-order valence-corrected chi connectivity index (χ1v) is 16.7. The summed E-state index contributed by atoms with van der Waals surface area (Å²) in [6.45, 7) is 3.49. The van der Waals surface area contributed by atoms with Crippen LogP contribution in [0.2, 0.25) is 0 Å². The number of aliphatic hydroxyl groups is 2. The quantitative estimate of drug-likeness (QED) is 0.247. The van der Waals surface area contributed by atoms with E-state index < -0.39 is 29.6 Å². The van der Waals surface area contributed by atoms with E-state index in [4.69, 9.17) is 9.72 Å². The molecule has 0 amide bonds. The first-order valence-electron chi connectivity index (χ1n) is 16.7. The average Bonchev–Trinajstić information content (AvgIpc) is 3.79. The lowest BCUT2D eigenvalue weighted by Crippen LogP contribution is -2.62. The number of halogens is 2. The van der Waals surface area contributed by atoms with Crippen molar-refractivity contribution in [3.05, 3.63) is 60.1 Å². The number of phenolic OH excluding ortho intramolecular Hbond substituents is 1. The molecule has 6 aliphatic rings. The van der Waals surface area contributed by atoms with Crippen molar-refractivity contribution >= 4 is 27.5 Å². The first-order chi connectivity index (χ1) is 22.8. The van der Waals surface area contributed by atoms with Gasteiger partial charge in [-0.3, -0.25) is 9.88 Å². The number of anilines is 1. The molecule has 4 bridgehead atoms. The third-order valence-electron chi connectivity index (χ3n) is 11.4. The van der Waals surface area contributed by atoms with Gasteiger partial charge in [0.2, 0.25) is 0 Å². The van der Waals surface area contributed by atoms with Crippen LogP contribution in [0.3, 0.4) is 0 Å². The molecule has 3 N–H and O–H groups in total. The minimum absolute atomic E-state index is 0.00582. The Morgan fingerprint density at radius 1 is 1.11 bits per heavy atom. The number of pyridine rings is 1. The van der Waals surface area contributed by atoms with Crippen molar-refractivity contribution in [3.63, 3.8) is 0 Å². The van der Waals surface area contributed by atoms with Crippen LogP contribution in [0.25, 0.3) is 32.9 Å². The summed E-state index contributed by atoms with van der Waals surface area (Å²) in [5.41, 5.74) is 1.03. The number of rotatable bonds is 7. The summed E-state index contributed by atoms with van der Waals surface area (Å²) >= 11 is 0. The number of phenols is 1. The first kappa shape index (κ1) is 29.2. The van der Waals surface area contributed by atoms with Gasteiger partial charge in [0.25, 0.3) is 0 Å². The molecule has 2 aromatic heterocycles. The van der Waals surface area contributed by atoms with Gasteiger partial charge < -0.3 is 25.0 Å². The molecular weight excluding hydrogens is 604 g/mol. The fourth-order valence-electron chi connectivity index (χ4n) is 9.25. The second-order valence-electron chi connectivity index (χ2n) is 14.1. The Morgan fingerprint density at radius 3 is 2.66 bits per heavy atom. The summed E-state index contributed by atoms with van der Waals surface area (Å²) in [6, 6.07) is 8.28. The van der Waals surface area contributed by atoms with Gasteiger partial charge in [-0.1, -0.05) is 37.3 Å². The SMILES string of the molecule is CCc1cccc2cc(O)cc(-c3ncc4c(N5C6CC5[C@H](O)[C@@H]6O)nc(OC[C@]56CCCN(C[C@H](F)C5)C6C5C=C5)nc4c3F)c12. The third-order valence-corrected chi connectivity index (χ3v) is 11.4. The topological polar surface area (TPSA) is 115 Å². The van der Waals surface area contributed by atoms with Crippen molar-refractivity contribution in [3.8, 4) is 23.0 Å². The number of benzene rings is 2. The second kappa shape index (κ2) is 10.5. The lowest BCUT2D eigenvalue weighted by Gasteiger charge is -2.54. The number of alkyl halides is 1. The van der Waals surface area contributed by atoms with E-state index in [9.17, 15) is 15.3 Å². The van der Waals surface area contributed by atoms with E-state index in [0.717, 1.165) is 35.7 Å². The van der Waals surface area contributed by atoms with Crippen LogP contribution in [0.5, 0.6) is 11.8 Å². The highest BCUT2D eigenvalue weighted by Gasteiger charge is 2.58. The van der Waals surface area contributed by atoms with Crippen molar-refractivity contribution in [2.45, 2.75) is 75.5 Å². The number of aliphatic hydroxyl groups excluding tert-OH is 2. The third kappa shape index (κ3) is 4.39. The minimum atomic E-state index is -0.960. The second-order valence-corrected chi connectivity index (χ2v) is 14.1. The van der Waals surface area contributed by atoms with E-state index in [2.05, 4.69) is 27.0 Å². The standard InChI is InChI=1S/C36H37F2N5O4/c1-2-18-5-3-6-20-11-22(44)12-23(27(18)20)29-28(38)30-24(15-39-29)34(43-25-13-26(43)32(46)31(25)45)41-35(40-30)47-17-36-9-4-10-42(16-21(37)14-36)33(36)19-7-8-19/h3,5-8,11-12,15,19,21,25-26,31-33,44-46H,2,4,9-10,13-14,16-17H2,1H3/t21-,25?,26?,31-,32+,33?,36+/m1/s1. The molecule has 47 heavy (non-hydrogen) atoms. The van der Waals surface area contributed by atoms with Crippen LogP contribution in [-0.4, -0.2) is 91.4 Å². The molecule has 8 atom stereocenters. The van der Waals surface area contributed by atoms with Gasteiger partial charge in [-0.05, 0) is 67.1 Å². The van der Waals surface area contributed by atoms with Gasteiger partial charge in [0.05, 0.1) is 24.1 Å². The molecular formula is C36H37F2N5O4. The molecule has 4 saturated heterocycles. The maximum atomic E-state index is 16.9. The lowest BCUT2D eigenvalue weighted by atomic mass is 9.65. The van der Waals surface area contributed by atoms with E-state index in [-0.39, 0.29) is 53.6 Å². The molecule has 0 spiro atoms. The number of aromatic nitrogens is 3. The zero-order chi connectivity index (χ0) is 32.2. The molecule has 1 saturated carbocycles. The van der Waals surface area contributed by atoms with Crippen LogP contribution < -0.4 is 9.64 Å². The summed E-state index contributed by atoms with van der Waals surface area (Å²) < 4.78 is 38.4. The molecule has 4 aliphatic heterocycles. The highest BCUT2D eigenvalue weighted by Crippen LogP contribution is 2.51. The van der Waals surface area contributed by atoms with E-state index in [1.807, 2.05) is 30.0 Å². The summed E-state index contributed by atoms with van der Waals surface area (Å²) in [7, 11) is 0. The number of hydrogen-bond acceptors (Lipinski definition) is 9. The van der Waals surface area contributed by atoms with Gasteiger partial charge in [0.15, 0.2) is 5.82 Å². The Bertz CT molecular complexity index is 1940. The van der Waals surface area contributed by atoms with Gasteiger partial charge in [-0.2, -0.15) is 9.97 Å². The zero-order valence-electron chi connectivity index (χ0n) is 26.1. The predicted octanol–water partition coefficient (Wildman–Crippen LogP) is 4.69. The Morgan fingerprint density at radius 2 is 1.91 bits per heavy atom. The number of aryl methyl sites for hydroxylation is 1. The van der Waals surface area contributed by atoms with Gasteiger partial charge in [-0.25, -0.2) is 8.78 Å². The van der Waals surface area contributed by atoms with Crippen molar-refractivity contribution in [2.24, 2.45) is 11.3 Å². The molecule has 11 heteroatoms. The molecule has 10 rings (SSSR count). The fraction of sp³-hybridized carbons (Fsp3) is 0.472. The van der Waals surface area contributed by atoms with Crippen LogP contribution >= 0.6 is 0 Å². The van der Waals surface area contributed by atoms with Crippen LogP contribution in [0, 0.1) is 17.2 Å². The van der Waals surface area contributed by atoms with Crippen LogP contribution in [-0.2, 0) is 6.42 Å². The number of fused-ring (bicyclic) bond motifs is 5. The molecule has 4 unspecified atom stereocenters. The smallest absolute Gasteiger partial charge is 0.319 e. The van der Waals surface area contributed by atoms with E-state index in [1.54, 1.807) is 6.07 Å². The van der Waals surface area contributed by atoms with Gasteiger partial charge >= 0.3 is 6.01 Å². The summed E-state index contributed by atoms with van der Waals surface area (Å²) in [5.74, 6) is -0.0691. The number of hydrogen-bond donors (Lipinski definition) is 3. The minimum Gasteiger partial charge on any atom is -0.508 e.